The second kappa shape index (κ2) is 5.64. The molecule has 0 N–H and O–H groups in total. The van der Waals surface area contributed by atoms with Crippen LogP contribution in [0.1, 0.15) is 74.1 Å². The Morgan fingerprint density at radius 1 is 0.880 bits per heavy atom. The molecule has 2 fully saturated rings. The fourth-order valence-corrected chi connectivity index (χ4v) is 7.10. The summed E-state index contributed by atoms with van der Waals surface area (Å²) >= 11 is 0. The Kier molecular flexibility index (Phi) is 3.99. The average Bonchev–Trinajstić information content (AvgIpc) is 2.56. The van der Waals surface area contributed by atoms with Crippen molar-refractivity contribution in [1.82, 2.24) is 0 Å². The van der Waals surface area contributed by atoms with Crippen molar-refractivity contribution in [2.75, 3.05) is 0 Å². The average molecular weight is 336 g/mol. The molecule has 136 valence electrons. The minimum absolute atomic E-state index is 0.554. The van der Waals surface area contributed by atoms with Crippen LogP contribution in [-0.2, 0) is 0 Å². The van der Waals surface area contributed by atoms with Gasteiger partial charge in [0, 0.05) is 0 Å². The summed E-state index contributed by atoms with van der Waals surface area (Å²) in [6.45, 7) is 17.9. The molecular weight excluding hydrogens is 299 g/mol. The van der Waals surface area contributed by atoms with Gasteiger partial charge in [-0.1, -0.05) is 61.9 Å². The van der Waals surface area contributed by atoms with Gasteiger partial charge in [-0.15, -0.1) is 0 Å². The summed E-state index contributed by atoms with van der Waals surface area (Å²) < 4.78 is 0. The van der Waals surface area contributed by atoms with Gasteiger partial charge >= 0.3 is 0 Å². The van der Waals surface area contributed by atoms with Crippen LogP contribution in [0.3, 0.4) is 0 Å². The number of hydrogen-bond acceptors (Lipinski definition) is 0. The summed E-state index contributed by atoms with van der Waals surface area (Å²) in [6, 6.07) is 0. The van der Waals surface area contributed by atoms with E-state index in [9.17, 15) is 0 Å². The van der Waals surface area contributed by atoms with Crippen molar-refractivity contribution in [2.24, 2.45) is 34.5 Å². The third-order valence-corrected chi connectivity index (χ3v) is 9.38. The molecule has 0 radical (unpaired) electrons. The lowest BCUT2D eigenvalue weighted by Crippen LogP contribution is -2.53. The highest BCUT2D eigenvalue weighted by molar-refractivity contribution is 6.74. The Morgan fingerprint density at radius 3 is 1.64 bits per heavy atom. The van der Waals surface area contributed by atoms with E-state index in [1.165, 1.54) is 32.0 Å². The van der Waals surface area contributed by atoms with Crippen molar-refractivity contribution in [3.8, 4) is 0 Å². The molecule has 0 aromatic rings. The standard InChI is InChI=1S/C24H37B/c1-8-9-10-25(21-13-17-11-19(15(21)2)23(17,4)5)22-14-18-12-20(16(22)3)24(18,6)7/h8-9,17-20H,10-14H2,1-7H3/b9-8-/t17-,18-,19+,20+/m0/s1. The van der Waals surface area contributed by atoms with E-state index >= 15 is 0 Å². The lowest BCUT2D eigenvalue weighted by Gasteiger charge is -2.60. The van der Waals surface area contributed by atoms with Crippen molar-refractivity contribution >= 4 is 6.71 Å². The molecular formula is C24H37B. The fourth-order valence-electron chi connectivity index (χ4n) is 7.10. The van der Waals surface area contributed by atoms with Crippen molar-refractivity contribution in [2.45, 2.75) is 80.5 Å². The van der Waals surface area contributed by atoms with Crippen LogP contribution in [0.4, 0.5) is 0 Å². The maximum Gasteiger partial charge on any atom is 0.203 e. The molecule has 6 rings (SSSR count). The number of rotatable bonds is 4. The predicted octanol–water partition coefficient (Wildman–Crippen LogP) is 6.90. The molecule has 25 heavy (non-hydrogen) atoms. The van der Waals surface area contributed by atoms with E-state index < -0.39 is 0 Å². The van der Waals surface area contributed by atoms with Gasteiger partial charge in [0.2, 0.25) is 6.71 Å². The first kappa shape index (κ1) is 17.7. The van der Waals surface area contributed by atoms with Crippen LogP contribution in [0.5, 0.6) is 0 Å². The van der Waals surface area contributed by atoms with E-state index in [0.29, 0.717) is 17.5 Å². The lowest BCUT2D eigenvalue weighted by atomic mass is 9.28. The summed E-state index contributed by atoms with van der Waals surface area (Å²) in [7, 11) is 0. The Morgan fingerprint density at radius 2 is 1.32 bits per heavy atom. The Hall–Kier alpha value is -0.715. The lowest BCUT2D eigenvalue weighted by molar-refractivity contribution is -0.00957. The van der Waals surface area contributed by atoms with Gasteiger partial charge in [0.1, 0.15) is 0 Å². The molecule has 0 aromatic carbocycles. The highest BCUT2D eigenvalue weighted by atomic mass is 14.6. The SMILES string of the molecule is C/C=C\CB(C1=C(C)[C@H]2C[C@@H](C1)C2(C)C)C1=C(C)[C@H]2C[C@@H](C1)C2(C)C. The van der Waals surface area contributed by atoms with Crippen LogP contribution in [0.2, 0.25) is 6.32 Å². The van der Waals surface area contributed by atoms with Gasteiger partial charge < -0.3 is 0 Å². The maximum absolute atomic E-state index is 2.51. The summed E-state index contributed by atoms with van der Waals surface area (Å²) in [5.41, 5.74) is 8.32. The van der Waals surface area contributed by atoms with E-state index in [1.807, 2.05) is 10.9 Å². The van der Waals surface area contributed by atoms with Crippen LogP contribution in [-0.4, -0.2) is 6.71 Å². The Balaban J connectivity index is 1.71. The summed E-state index contributed by atoms with van der Waals surface area (Å²) in [5.74, 6) is 3.56. The molecule has 0 aliphatic heterocycles. The molecule has 0 saturated heterocycles. The van der Waals surface area contributed by atoms with E-state index in [1.54, 1.807) is 11.1 Å². The third-order valence-electron chi connectivity index (χ3n) is 9.38. The molecule has 4 bridgehead atoms. The molecule has 0 nitrogen and oxygen atoms in total. The number of hydrogen-bond donors (Lipinski definition) is 0. The zero-order valence-electron chi connectivity index (χ0n) is 17.6. The maximum atomic E-state index is 2.51. The first-order valence-electron chi connectivity index (χ1n) is 10.7. The quantitative estimate of drug-likeness (QED) is 0.387. The van der Waals surface area contributed by atoms with Gasteiger partial charge in [0.15, 0.2) is 0 Å². The zero-order chi connectivity index (χ0) is 18.1. The first-order chi connectivity index (χ1) is 11.7. The molecule has 1 heteroatoms. The molecule has 0 aromatic heterocycles. The Labute approximate surface area is 156 Å². The van der Waals surface area contributed by atoms with Gasteiger partial charge in [-0.3, -0.25) is 0 Å². The predicted molar refractivity (Wildman–Crippen MR) is 111 cm³/mol. The summed E-state index contributed by atoms with van der Waals surface area (Å²) in [4.78, 5) is 0. The van der Waals surface area contributed by atoms with Crippen molar-refractivity contribution < 1.29 is 0 Å². The first-order valence-corrected chi connectivity index (χ1v) is 10.7. The molecule has 0 amide bonds. The van der Waals surface area contributed by atoms with Crippen molar-refractivity contribution in [3.05, 3.63) is 34.2 Å². The number of fused-ring (bicyclic) bond motifs is 2. The summed E-state index contributed by atoms with van der Waals surface area (Å²) in [5, 5.41) is 0. The zero-order valence-corrected chi connectivity index (χ0v) is 17.6. The van der Waals surface area contributed by atoms with E-state index in [0.717, 1.165) is 23.7 Å². The second-order valence-corrected chi connectivity index (χ2v) is 10.8. The van der Waals surface area contributed by atoms with Crippen LogP contribution in [0, 0.1) is 34.5 Å². The van der Waals surface area contributed by atoms with Crippen molar-refractivity contribution in [1.29, 1.82) is 0 Å². The molecule has 6 aliphatic carbocycles. The smallest absolute Gasteiger partial charge is 0.0960 e. The summed E-state index contributed by atoms with van der Waals surface area (Å²) in [6.07, 6.45) is 11.6. The molecule has 0 spiro atoms. The van der Waals surface area contributed by atoms with Crippen LogP contribution < -0.4 is 0 Å². The number of allylic oxidation sites excluding steroid dienone is 6. The molecule has 0 unspecified atom stereocenters. The minimum Gasteiger partial charge on any atom is -0.0960 e. The Bertz CT molecular complexity index is 620. The highest BCUT2D eigenvalue weighted by Crippen LogP contribution is 2.64. The van der Waals surface area contributed by atoms with Crippen LogP contribution in [0.15, 0.2) is 34.2 Å². The highest BCUT2D eigenvalue weighted by Gasteiger charge is 2.56. The third kappa shape index (κ3) is 2.33. The van der Waals surface area contributed by atoms with Gasteiger partial charge in [-0.2, -0.15) is 0 Å². The normalized spacial score (nSPS) is 37.9. The topological polar surface area (TPSA) is 0 Å². The van der Waals surface area contributed by atoms with Crippen LogP contribution >= 0.6 is 0 Å². The minimum atomic E-state index is 0.554. The second-order valence-electron chi connectivity index (χ2n) is 10.8. The van der Waals surface area contributed by atoms with E-state index in [4.69, 9.17) is 0 Å². The van der Waals surface area contributed by atoms with Crippen LogP contribution in [0.25, 0.3) is 0 Å². The molecule has 4 atom stereocenters. The fraction of sp³-hybridized carbons (Fsp3) is 0.750. The monoisotopic (exact) mass is 336 g/mol. The van der Waals surface area contributed by atoms with Gasteiger partial charge in [0.05, 0.1) is 0 Å². The molecule has 6 aliphatic rings. The van der Waals surface area contributed by atoms with Crippen molar-refractivity contribution in [3.63, 3.8) is 0 Å². The van der Waals surface area contributed by atoms with E-state index in [2.05, 4.69) is 60.6 Å². The molecule has 0 heterocycles. The van der Waals surface area contributed by atoms with Gasteiger partial charge in [-0.25, -0.2) is 0 Å². The van der Waals surface area contributed by atoms with Gasteiger partial charge in [-0.05, 0) is 87.3 Å². The largest absolute Gasteiger partial charge is 0.203 e. The van der Waals surface area contributed by atoms with Gasteiger partial charge in [0.25, 0.3) is 0 Å². The molecule has 2 saturated carbocycles. The van der Waals surface area contributed by atoms with E-state index in [-0.39, 0.29) is 0 Å².